The molecule has 3 rings (SSSR count). The fourth-order valence-electron chi connectivity index (χ4n) is 3.92. The van der Waals surface area contributed by atoms with Gasteiger partial charge in [-0.25, -0.2) is 13.4 Å². The molecule has 1 aromatic rings. The van der Waals surface area contributed by atoms with Crippen LogP contribution in [-0.4, -0.2) is 68.5 Å². The fourth-order valence-corrected chi connectivity index (χ4v) is 5.48. The van der Waals surface area contributed by atoms with Gasteiger partial charge in [-0.15, -0.1) is 0 Å². The van der Waals surface area contributed by atoms with Crippen molar-refractivity contribution < 1.29 is 13.2 Å². The molecule has 1 N–H and O–H groups in total. The van der Waals surface area contributed by atoms with Gasteiger partial charge in [0.05, 0.1) is 25.5 Å². The summed E-state index contributed by atoms with van der Waals surface area (Å²) in [4.78, 5) is 7.18. The lowest BCUT2D eigenvalue weighted by atomic mass is 9.65. The molecule has 2 aliphatic heterocycles. The van der Waals surface area contributed by atoms with E-state index in [1.807, 2.05) is 24.3 Å². The number of nitrogens with zero attached hydrogens (tertiary/aromatic N) is 3. The molecule has 2 saturated heterocycles. The quantitative estimate of drug-likeness (QED) is 0.548. The van der Waals surface area contributed by atoms with Crippen LogP contribution in [0.5, 0.6) is 0 Å². The first-order valence-corrected chi connectivity index (χ1v) is 12.4. The molecule has 168 valence electrons. The molecule has 0 spiro atoms. The maximum absolute atomic E-state index is 12.9. The van der Waals surface area contributed by atoms with Gasteiger partial charge in [-0.3, -0.25) is 0 Å². The minimum atomic E-state index is -3.37. The lowest BCUT2D eigenvalue weighted by Gasteiger charge is -2.62. The number of aliphatic imine (C=N–C) groups is 1. The van der Waals surface area contributed by atoms with Crippen molar-refractivity contribution >= 4 is 16.0 Å². The molecule has 0 unspecified atom stereocenters. The Hall–Kier alpha value is -1.64. The Bertz CT molecular complexity index is 874. The zero-order chi connectivity index (χ0) is 22.0. The zero-order valence-electron chi connectivity index (χ0n) is 18.9. The van der Waals surface area contributed by atoms with Gasteiger partial charge in [0.25, 0.3) is 0 Å². The number of likely N-dealkylation sites (tertiary alicyclic amines) is 1. The van der Waals surface area contributed by atoms with Gasteiger partial charge in [-0.05, 0) is 31.9 Å². The maximum Gasteiger partial charge on any atom is 0.218 e. The lowest BCUT2D eigenvalue weighted by molar-refractivity contribution is -0.0667. The van der Waals surface area contributed by atoms with E-state index in [0.717, 1.165) is 30.2 Å². The summed E-state index contributed by atoms with van der Waals surface area (Å²) in [6.45, 7) is 15.0. The number of rotatable bonds is 6. The summed E-state index contributed by atoms with van der Waals surface area (Å²) >= 11 is 0. The molecule has 2 fully saturated rings. The zero-order valence-corrected chi connectivity index (χ0v) is 19.8. The molecular formula is C22H36N4O3S. The first kappa shape index (κ1) is 23.0. The van der Waals surface area contributed by atoms with Crippen molar-refractivity contribution in [2.45, 2.75) is 52.5 Å². The van der Waals surface area contributed by atoms with Gasteiger partial charge >= 0.3 is 0 Å². The minimum Gasteiger partial charge on any atom is -0.379 e. The number of morpholine rings is 1. The Morgan fingerprint density at radius 2 is 1.77 bits per heavy atom. The Morgan fingerprint density at radius 1 is 1.13 bits per heavy atom. The summed E-state index contributed by atoms with van der Waals surface area (Å²) in [7, 11) is -3.37. The molecule has 30 heavy (non-hydrogen) atoms. The molecule has 0 atom stereocenters. The van der Waals surface area contributed by atoms with Gasteiger partial charge in [0.2, 0.25) is 10.0 Å². The molecule has 0 bridgehead atoms. The van der Waals surface area contributed by atoms with Crippen LogP contribution in [0, 0.1) is 5.41 Å². The highest BCUT2D eigenvalue weighted by Gasteiger charge is 2.53. The highest BCUT2D eigenvalue weighted by Crippen LogP contribution is 2.46. The summed E-state index contributed by atoms with van der Waals surface area (Å²) in [5.74, 6) is 0.880. The molecule has 0 radical (unpaired) electrons. The van der Waals surface area contributed by atoms with Gasteiger partial charge in [0, 0.05) is 37.1 Å². The summed E-state index contributed by atoms with van der Waals surface area (Å²) in [5, 5.41) is 3.40. The first-order chi connectivity index (χ1) is 14.1. The van der Waals surface area contributed by atoms with Crippen molar-refractivity contribution in [1.29, 1.82) is 0 Å². The second-order valence-corrected chi connectivity index (χ2v) is 11.2. The number of hydrogen-bond donors (Lipinski definition) is 1. The van der Waals surface area contributed by atoms with E-state index in [-0.39, 0.29) is 16.7 Å². The van der Waals surface area contributed by atoms with Gasteiger partial charge in [0.15, 0.2) is 5.96 Å². The Morgan fingerprint density at radius 3 is 2.33 bits per heavy atom. The van der Waals surface area contributed by atoms with Gasteiger partial charge in [0.1, 0.15) is 0 Å². The SMILES string of the molecule is CCNC(=NCc1ccccc1CS(=O)(=O)N1CCOCC1)N1CC(C)(C)C1(C)C. The van der Waals surface area contributed by atoms with Crippen LogP contribution in [0.4, 0.5) is 0 Å². The molecule has 0 amide bonds. The van der Waals surface area contributed by atoms with Crippen LogP contribution >= 0.6 is 0 Å². The topological polar surface area (TPSA) is 74.2 Å². The van der Waals surface area contributed by atoms with Crippen molar-refractivity contribution in [1.82, 2.24) is 14.5 Å². The number of hydrogen-bond acceptors (Lipinski definition) is 4. The monoisotopic (exact) mass is 436 g/mol. The minimum absolute atomic E-state index is 0.00251. The van der Waals surface area contributed by atoms with E-state index < -0.39 is 10.0 Å². The molecule has 0 saturated carbocycles. The number of nitrogens with one attached hydrogen (secondary N) is 1. The van der Waals surface area contributed by atoms with Crippen LogP contribution in [0.25, 0.3) is 0 Å². The van der Waals surface area contributed by atoms with E-state index >= 15 is 0 Å². The average Bonchev–Trinajstić information content (AvgIpc) is 2.71. The van der Waals surface area contributed by atoms with Crippen LogP contribution in [0.3, 0.4) is 0 Å². The maximum atomic E-state index is 12.9. The number of sulfonamides is 1. The van der Waals surface area contributed by atoms with E-state index in [9.17, 15) is 8.42 Å². The third kappa shape index (κ3) is 4.65. The molecule has 0 aromatic heterocycles. The third-order valence-corrected chi connectivity index (χ3v) is 8.52. The van der Waals surface area contributed by atoms with Gasteiger partial charge < -0.3 is 15.0 Å². The van der Waals surface area contributed by atoms with E-state index in [1.54, 1.807) is 0 Å². The molecule has 1 aromatic carbocycles. The van der Waals surface area contributed by atoms with Gasteiger partial charge in [-0.1, -0.05) is 38.1 Å². The normalized spacial score (nSPS) is 21.9. The smallest absolute Gasteiger partial charge is 0.218 e. The van der Waals surface area contributed by atoms with Crippen molar-refractivity contribution in [2.24, 2.45) is 10.4 Å². The Balaban J connectivity index is 1.78. The van der Waals surface area contributed by atoms with Gasteiger partial charge in [-0.2, -0.15) is 4.31 Å². The highest BCUT2D eigenvalue weighted by atomic mass is 32.2. The van der Waals surface area contributed by atoms with Crippen LogP contribution in [0.2, 0.25) is 0 Å². The van der Waals surface area contributed by atoms with Crippen molar-refractivity contribution in [3.63, 3.8) is 0 Å². The van der Waals surface area contributed by atoms with Crippen molar-refractivity contribution in [2.75, 3.05) is 39.4 Å². The first-order valence-electron chi connectivity index (χ1n) is 10.8. The van der Waals surface area contributed by atoms with E-state index in [2.05, 4.69) is 44.8 Å². The van der Waals surface area contributed by atoms with E-state index in [1.165, 1.54) is 4.31 Å². The number of guanidine groups is 1. The van der Waals surface area contributed by atoms with Crippen LogP contribution < -0.4 is 5.32 Å². The summed E-state index contributed by atoms with van der Waals surface area (Å²) in [5.41, 5.74) is 1.98. The van der Waals surface area contributed by atoms with E-state index in [4.69, 9.17) is 9.73 Å². The average molecular weight is 437 g/mol. The number of benzene rings is 1. The van der Waals surface area contributed by atoms with Crippen LogP contribution in [0.1, 0.15) is 45.7 Å². The predicted molar refractivity (Wildman–Crippen MR) is 121 cm³/mol. The summed E-state index contributed by atoms with van der Waals surface area (Å²) in [6.07, 6.45) is 0. The molecule has 0 aliphatic carbocycles. The lowest BCUT2D eigenvalue weighted by Crippen LogP contribution is -2.72. The predicted octanol–water partition coefficient (Wildman–Crippen LogP) is 2.43. The fraction of sp³-hybridized carbons (Fsp3) is 0.682. The van der Waals surface area contributed by atoms with Crippen LogP contribution in [-0.2, 0) is 27.1 Å². The number of ether oxygens (including phenoxy) is 1. The molecule has 7 nitrogen and oxygen atoms in total. The summed E-state index contributed by atoms with van der Waals surface area (Å²) < 4.78 is 32.6. The molecule has 2 heterocycles. The summed E-state index contributed by atoms with van der Waals surface area (Å²) in [6, 6.07) is 7.71. The standard InChI is InChI=1S/C22H36N4O3S/c1-6-23-20(26-17-21(2,3)22(26,4)5)24-15-18-9-7-8-10-19(18)16-30(27,28)25-11-13-29-14-12-25/h7-10H,6,11-17H2,1-5H3,(H,23,24). The van der Waals surface area contributed by atoms with Crippen molar-refractivity contribution in [3.8, 4) is 0 Å². The molecular weight excluding hydrogens is 400 g/mol. The highest BCUT2D eigenvalue weighted by molar-refractivity contribution is 7.88. The largest absolute Gasteiger partial charge is 0.379 e. The second kappa shape index (κ2) is 8.85. The molecule has 2 aliphatic rings. The van der Waals surface area contributed by atoms with E-state index in [0.29, 0.717) is 32.8 Å². The Labute approximate surface area is 181 Å². The Kier molecular flexibility index (Phi) is 6.79. The molecule has 8 heteroatoms. The third-order valence-electron chi connectivity index (χ3n) is 6.69. The van der Waals surface area contributed by atoms with Crippen molar-refractivity contribution in [3.05, 3.63) is 35.4 Å². The van der Waals surface area contributed by atoms with Crippen LogP contribution in [0.15, 0.2) is 29.3 Å². The second-order valence-electron chi connectivity index (χ2n) is 9.24.